The number of carbonyl (C=O) groups is 3. The van der Waals surface area contributed by atoms with E-state index in [4.69, 9.17) is 14.6 Å². The van der Waals surface area contributed by atoms with Gasteiger partial charge >= 0.3 is 12.1 Å². The van der Waals surface area contributed by atoms with Gasteiger partial charge in [0.2, 0.25) is 5.91 Å². The van der Waals surface area contributed by atoms with Crippen molar-refractivity contribution in [3.63, 3.8) is 0 Å². The summed E-state index contributed by atoms with van der Waals surface area (Å²) in [5.74, 6) is -1.43. The van der Waals surface area contributed by atoms with Crippen LogP contribution < -0.4 is 10.6 Å². The molecule has 34 heavy (non-hydrogen) atoms. The van der Waals surface area contributed by atoms with Gasteiger partial charge in [-0.2, -0.15) is 0 Å². The normalized spacial score (nSPS) is 13.5. The molecule has 3 N–H and O–H groups in total. The van der Waals surface area contributed by atoms with Crippen molar-refractivity contribution in [1.82, 2.24) is 10.6 Å². The second kappa shape index (κ2) is 11.2. The van der Waals surface area contributed by atoms with Gasteiger partial charge in [0.15, 0.2) is 0 Å². The monoisotopic (exact) mass is 468 g/mol. The van der Waals surface area contributed by atoms with E-state index < -0.39 is 29.4 Å². The molecule has 2 amide bonds. The largest absolute Gasteiger partial charge is 0.481 e. The van der Waals surface area contributed by atoms with Gasteiger partial charge in [-0.25, -0.2) is 4.79 Å². The number of amides is 2. The van der Waals surface area contributed by atoms with E-state index in [9.17, 15) is 14.4 Å². The predicted molar refractivity (Wildman–Crippen MR) is 128 cm³/mol. The van der Waals surface area contributed by atoms with E-state index in [1.165, 1.54) is 7.11 Å². The number of alkyl carbamates (subject to hydrolysis) is 1. The third-order valence-corrected chi connectivity index (χ3v) is 5.93. The number of carboxylic acids is 1. The molecule has 2 aromatic carbocycles. The lowest BCUT2D eigenvalue weighted by Crippen LogP contribution is -2.49. The van der Waals surface area contributed by atoms with Crippen molar-refractivity contribution in [3.8, 4) is 11.1 Å². The molecule has 182 valence electrons. The zero-order valence-corrected chi connectivity index (χ0v) is 19.8. The highest BCUT2D eigenvalue weighted by Gasteiger charge is 2.30. The van der Waals surface area contributed by atoms with E-state index in [0.29, 0.717) is 0 Å². The van der Waals surface area contributed by atoms with Crippen molar-refractivity contribution >= 4 is 18.0 Å². The Balaban J connectivity index is 1.61. The minimum Gasteiger partial charge on any atom is -0.481 e. The fourth-order valence-corrected chi connectivity index (χ4v) is 4.21. The first-order chi connectivity index (χ1) is 16.2. The van der Waals surface area contributed by atoms with Crippen LogP contribution in [0.2, 0.25) is 0 Å². The van der Waals surface area contributed by atoms with Crippen LogP contribution >= 0.6 is 0 Å². The van der Waals surface area contributed by atoms with E-state index in [-0.39, 0.29) is 38.5 Å². The van der Waals surface area contributed by atoms with Crippen molar-refractivity contribution in [2.45, 2.75) is 38.6 Å². The Labute approximate surface area is 199 Å². The molecule has 1 atom stereocenters. The van der Waals surface area contributed by atoms with Crippen LogP contribution in [-0.2, 0) is 19.1 Å². The molecule has 0 aliphatic heterocycles. The van der Waals surface area contributed by atoms with E-state index in [1.807, 2.05) is 36.4 Å². The fraction of sp³-hybridized carbons (Fsp3) is 0.423. The summed E-state index contributed by atoms with van der Waals surface area (Å²) in [5.41, 5.74) is 3.84. The van der Waals surface area contributed by atoms with Gasteiger partial charge in [0.25, 0.3) is 0 Å². The van der Waals surface area contributed by atoms with Crippen LogP contribution in [0.25, 0.3) is 11.1 Å². The summed E-state index contributed by atoms with van der Waals surface area (Å²) in [6, 6.07) is 15.2. The third kappa shape index (κ3) is 6.35. The molecule has 0 spiro atoms. The molecule has 0 bridgehead atoms. The molecule has 2 aromatic rings. The van der Waals surface area contributed by atoms with Gasteiger partial charge in [-0.15, -0.1) is 0 Å². The maximum Gasteiger partial charge on any atom is 0.407 e. The maximum absolute atomic E-state index is 12.7. The molecule has 1 aliphatic rings. The summed E-state index contributed by atoms with van der Waals surface area (Å²) >= 11 is 0. The lowest BCUT2D eigenvalue weighted by atomic mass is 9.89. The van der Waals surface area contributed by atoms with Gasteiger partial charge in [0, 0.05) is 32.6 Å². The molecule has 0 fully saturated rings. The first kappa shape index (κ1) is 25.2. The summed E-state index contributed by atoms with van der Waals surface area (Å²) in [6.45, 7) is 4.08. The van der Waals surface area contributed by atoms with E-state index in [1.54, 1.807) is 13.8 Å². The highest BCUT2D eigenvalue weighted by molar-refractivity contribution is 5.86. The smallest absolute Gasteiger partial charge is 0.407 e. The van der Waals surface area contributed by atoms with Gasteiger partial charge in [-0.05, 0) is 27.7 Å². The molecule has 0 radical (unpaired) electrons. The lowest BCUT2D eigenvalue weighted by molar-refractivity contribution is -0.139. The van der Waals surface area contributed by atoms with Crippen molar-refractivity contribution in [1.29, 1.82) is 0 Å². The van der Waals surface area contributed by atoms with Crippen LogP contribution in [0.1, 0.15) is 43.7 Å². The summed E-state index contributed by atoms with van der Waals surface area (Å²) in [4.78, 5) is 36.3. The van der Waals surface area contributed by atoms with Gasteiger partial charge < -0.3 is 25.2 Å². The number of aliphatic carboxylic acids is 1. The van der Waals surface area contributed by atoms with Crippen LogP contribution in [0.5, 0.6) is 0 Å². The Morgan fingerprint density at radius 1 is 1.03 bits per heavy atom. The molecule has 8 heteroatoms. The third-order valence-electron chi connectivity index (χ3n) is 5.93. The zero-order chi connectivity index (χ0) is 24.7. The van der Waals surface area contributed by atoms with Gasteiger partial charge in [0.1, 0.15) is 12.6 Å². The van der Waals surface area contributed by atoms with Crippen LogP contribution in [0.15, 0.2) is 48.5 Å². The van der Waals surface area contributed by atoms with Crippen molar-refractivity contribution in [3.05, 3.63) is 59.7 Å². The van der Waals surface area contributed by atoms with Gasteiger partial charge in [0.05, 0.1) is 6.42 Å². The SMILES string of the molecule is COCCC(NC(=O)OCC1c2ccccc2-c2ccccc21)C(=O)NCC(C)(C)CC(=O)O. The Morgan fingerprint density at radius 3 is 2.18 bits per heavy atom. The highest BCUT2D eigenvalue weighted by atomic mass is 16.5. The first-order valence-corrected chi connectivity index (χ1v) is 11.3. The minimum absolute atomic E-state index is 0.0822. The molecule has 3 rings (SSSR count). The Bertz CT molecular complexity index is 990. The van der Waals surface area contributed by atoms with Crippen molar-refractivity contribution in [2.24, 2.45) is 5.41 Å². The van der Waals surface area contributed by atoms with Crippen molar-refractivity contribution < 1.29 is 29.0 Å². The molecule has 0 aromatic heterocycles. The second-order valence-corrected chi connectivity index (χ2v) is 9.26. The number of carboxylic acid groups (broad SMARTS) is 1. The van der Waals surface area contributed by atoms with E-state index >= 15 is 0 Å². The number of rotatable bonds is 11. The predicted octanol–water partition coefficient (Wildman–Crippen LogP) is 3.55. The topological polar surface area (TPSA) is 114 Å². The standard InChI is InChI=1S/C26H32N2O6/c1-26(2,14-23(29)30)16-27-24(31)22(12-13-33-3)28-25(32)34-15-21-19-10-6-4-8-17(19)18-9-5-7-11-20(18)21/h4-11,21-22H,12-16H2,1-3H3,(H,27,31)(H,28,32)(H,29,30). The van der Waals surface area contributed by atoms with E-state index in [2.05, 4.69) is 22.8 Å². The molecular weight excluding hydrogens is 436 g/mol. The highest BCUT2D eigenvalue weighted by Crippen LogP contribution is 2.44. The fourth-order valence-electron chi connectivity index (χ4n) is 4.21. The quantitative estimate of drug-likeness (QED) is 0.465. The number of methoxy groups -OCH3 is 1. The zero-order valence-electron chi connectivity index (χ0n) is 19.8. The average Bonchev–Trinajstić information content (AvgIpc) is 3.12. The Kier molecular flexibility index (Phi) is 8.28. The Hall–Kier alpha value is -3.39. The number of carbonyl (C=O) groups excluding carboxylic acids is 2. The molecular formula is C26H32N2O6. The summed E-state index contributed by atoms with van der Waals surface area (Å²) < 4.78 is 10.6. The number of benzene rings is 2. The summed E-state index contributed by atoms with van der Waals surface area (Å²) in [5, 5.41) is 14.4. The van der Waals surface area contributed by atoms with Crippen LogP contribution in [0, 0.1) is 5.41 Å². The molecule has 1 aliphatic carbocycles. The average molecular weight is 469 g/mol. The first-order valence-electron chi connectivity index (χ1n) is 11.3. The number of nitrogens with one attached hydrogen (secondary N) is 2. The molecule has 1 unspecified atom stereocenters. The molecule has 0 heterocycles. The number of fused-ring (bicyclic) bond motifs is 3. The number of hydrogen-bond acceptors (Lipinski definition) is 5. The summed E-state index contributed by atoms with van der Waals surface area (Å²) in [7, 11) is 1.51. The molecule has 0 saturated carbocycles. The molecule has 0 saturated heterocycles. The Morgan fingerprint density at radius 2 is 1.62 bits per heavy atom. The number of ether oxygens (including phenoxy) is 2. The lowest BCUT2D eigenvalue weighted by Gasteiger charge is -2.25. The minimum atomic E-state index is -0.938. The summed E-state index contributed by atoms with van der Waals surface area (Å²) in [6.07, 6.45) is -0.523. The van der Waals surface area contributed by atoms with Gasteiger partial charge in [-0.1, -0.05) is 62.4 Å². The van der Waals surface area contributed by atoms with Gasteiger partial charge in [-0.3, -0.25) is 9.59 Å². The van der Waals surface area contributed by atoms with Crippen molar-refractivity contribution in [2.75, 3.05) is 26.9 Å². The second-order valence-electron chi connectivity index (χ2n) is 9.26. The van der Waals surface area contributed by atoms with Crippen LogP contribution in [0.3, 0.4) is 0 Å². The number of hydrogen-bond donors (Lipinski definition) is 3. The van der Waals surface area contributed by atoms with E-state index in [0.717, 1.165) is 22.3 Å². The molecule has 8 nitrogen and oxygen atoms in total. The maximum atomic E-state index is 12.7. The van der Waals surface area contributed by atoms with Crippen LogP contribution in [-0.4, -0.2) is 56.0 Å². The van der Waals surface area contributed by atoms with Crippen LogP contribution in [0.4, 0.5) is 4.79 Å².